The summed E-state index contributed by atoms with van der Waals surface area (Å²) >= 11 is 0. The third kappa shape index (κ3) is 5.51. The summed E-state index contributed by atoms with van der Waals surface area (Å²) in [6.45, 7) is 22.8. The van der Waals surface area contributed by atoms with Crippen LogP contribution in [-0.2, 0) is 16.2 Å². The molecule has 0 aliphatic rings. The Bertz CT molecular complexity index is 587. The van der Waals surface area contributed by atoms with E-state index in [1.54, 1.807) is 0 Å². The van der Waals surface area contributed by atoms with Crippen LogP contribution >= 0.6 is 0 Å². The van der Waals surface area contributed by atoms with Gasteiger partial charge in [0.1, 0.15) is 5.75 Å². The van der Waals surface area contributed by atoms with Gasteiger partial charge >= 0.3 is 0 Å². The van der Waals surface area contributed by atoms with Crippen molar-refractivity contribution in [3.05, 3.63) is 28.8 Å². The first-order chi connectivity index (χ1) is 11.8. The zero-order valence-electron chi connectivity index (χ0n) is 19.2. The van der Waals surface area contributed by atoms with Gasteiger partial charge in [0.05, 0.1) is 0 Å². The second-order valence-corrected chi connectivity index (χ2v) is 10.8. The Morgan fingerprint density at radius 1 is 0.846 bits per heavy atom. The van der Waals surface area contributed by atoms with Gasteiger partial charge in [0.15, 0.2) is 0 Å². The fraction of sp³-hybridized carbons (Fsp3) is 0.760. The molecule has 0 aromatic heterocycles. The summed E-state index contributed by atoms with van der Waals surface area (Å²) in [6.07, 6.45) is 5.91. The normalized spacial score (nSPS) is 14.5. The van der Waals surface area contributed by atoms with Crippen LogP contribution in [0, 0.1) is 5.92 Å². The third-order valence-corrected chi connectivity index (χ3v) is 5.94. The molecular formula is C25H44O. The van der Waals surface area contributed by atoms with E-state index < -0.39 is 0 Å². The van der Waals surface area contributed by atoms with E-state index in [1.165, 1.54) is 24.8 Å². The van der Waals surface area contributed by atoms with Gasteiger partial charge in [-0.2, -0.15) is 0 Å². The largest absolute Gasteiger partial charge is 0.507 e. The van der Waals surface area contributed by atoms with E-state index in [4.69, 9.17) is 0 Å². The molecule has 1 aromatic rings. The van der Waals surface area contributed by atoms with Crippen molar-refractivity contribution in [3.63, 3.8) is 0 Å². The zero-order chi connectivity index (χ0) is 20.3. The smallest absolute Gasteiger partial charge is 0.123 e. The first-order valence-corrected chi connectivity index (χ1v) is 10.6. The minimum absolute atomic E-state index is 0.0139. The summed E-state index contributed by atoms with van der Waals surface area (Å²) in [6, 6.07) is 4.58. The molecule has 1 N–H and O–H groups in total. The summed E-state index contributed by atoms with van der Waals surface area (Å²) in [5, 5.41) is 11.1. The molecule has 1 aromatic carbocycles. The van der Waals surface area contributed by atoms with Gasteiger partial charge in [-0.3, -0.25) is 0 Å². The second-order valence-electron chi connectivity index (χ2n) is 10.8. The van der Waals surface area contributed by atoms with Gasteiger partial charge in [-0.05, 0) is 46.1 Å². The highest BCUT2D eigenvalue weighted by atomic mass is 16.3. The van der Waals surface area contributed by atoms with Crippen LogP contribution < -0.4 is 0 Å². The van der Waals surface area contributed by atoms with Crippen molar-refractivity contribution >= 4 is 0 Å². The van der Waals surface area contributed by atoms with Crippen LogP contribution in [0.25, 0.3) is 0 Å². The molecule has 150 valence electrons. The van der Waals surface area contributed by atoms with Crippen LogP contribution in [0.1, 0.15) is 118 Å². The number of hydrogen-bond acceptors (Lipinski definition) is 1. The lowest BCUT2D eigenvalue weighted by molar-refractivity contribution is 0.356. The molecule has 1 atom stereocenters. The Balaban J connectivity index is 3.54. The van der Waals surface area contributed by atoms with Crippen molar-refractivity contribution in [2.75, 3.05) is 0 Å². The number of hydrogen-bond donors (Lipinski definition) is 1. The maximum Gasteiger partial charge on any atom is 0.123 e. The van der Waals surface area contributed by atoms with Crippen molar-refractivity contribution in [3.8, 4) is 5.75 Å². The van der Waals surface area contributed by atoms with Crippen LogP contribution in [0.5, 0.6) is 5.75 Å². The lowest BCUT2D eigenvalue weighted by Crippen LogP contribution is -2.25. The molecule has 0 bridgehead atoms. The molecule has 0 heterocycles. The van der Waals surface area contributed by atoms with Gasteiger partial charge < -0.3 is 5.11 Å². The molecular weight excluding hydrogens is 316 g/mol. The van der Waals surface area contributed by atoms with Gasteiger partial charge in [0, 0.05) is 5.56 Å². The SMILES string of the molecule is CCCC(C)CC(C)(C)c1cc(C(C)(C)C)c(O)c(C(C)(C)CCC)c1. The van der Waals surface area contributed by atoms with E-state index in [9.17, 15) is 5.11 Å². The number of benzene rings is 1. The molecule has 0 saturated carbocycles. The number of phenols is 1. The molecule has 1 heteroatoms. The van der Waals surface area contributed by atoms with E-state index in [1.807, 2.05) is 0 Å². The minimum atomic E-state index is -0.0672. The van der Waals surface area contributed by atoms with Crippen molar-refractivity contribution < 1.29 is 5.11 Å². The van der Waals surface area contributed by atoms with Crippen LogP contribution in [-0.4, -0.2) is 5.11 Å². The van der Waals surface area contributed by atoms with Gasteiger partial charge in [-0.15, -0.1) is 0 Å². The lowest BCUT2D eigenvalue weighted by Gasteiger charge is -2.35. The highest BCUT2D eigenvalue weighted by Crippen LogP contribution is 2.44. The molecule has 0 spiro atoms. The highest BCUT2D eigenvalue weighted by molar-refractivity contribution is 5.51. The zero-order valence-corrected chi connectivity index (χ0v) is 19.2. The molecule has 0 aliphatic carbocycles. The quantitative estimate of drug-likeness (QED) is 0.500. The molecule has 0 fully saturated rings. The highest BCUT2D eigenvalue weighted by Gasteiger charge is 2.32. The Kier molecular flexibility index (Phi) is 7.41. The first kappa shape index (κ1) is 23.1. The monoisotopic (exact) mass is 360 g/mol. The summed E-state index contributed by atoms with van der Waals surface area (Å²) in [4.78, 5) is 0. The number of aromatic hydroxyl groups is 1. The van der Waals surface area contributed by atoms with Gasteiger partial charge in [0.2, 0.25) is 0 Å². The van der Waals surface area contributed by atoms with E-state index in [0.717, 1.165) is 24.0 Å². The van der Waals surface area contributed by atoms with Crippen LogP contribution in [0.3, 0.4) is 0 Å². The fourth-order valence-corrected chi connectivity index (χ4v) is 4.46. The summed E-state index contributed by atoms with van der Waals surface area (Å²) in [5.74, 6) is 1.23. The van der Waals surface area contributed by atoms with Gasteiger partial charge in [-0.1, -0.05) is 101 Å². The minimum Gasteiger partial charge on any atom is -0.507 e. The predicted molar refractivity (Wildman–Crippen MR) is 116 cm³/mol. The average Bonchev–Trinajstić information content (AvgIpc) is 2.45. The Hall–Kier alpha value is -0.980. The Morgan fingerprint density at radius 2 is 1.38 bits per heavy atom. The molecule has 1 unspecified atom stereocenters. The van der Waals surface area contributed by atoms with Gasteiger partial charge in [-0.25, -0.2) is 0 Å². The predicted octanol–water partition coefficient (Wildman–Crippen LogP) is 7.87. The molecule has 0 saturated heterocycles. The van der Waals surface area contributed by atoms with Crippen molar-refractivity contribution in [2.45, 2.75) is 118 Å². The maximum atomic E-state index is 11.1. The molecule has 0 aliphatic heterocycles. The summed E-state index contributed by atoms with van der Waals surface area (Å²) in [5.41, 5.74) is 3.62. The van der Waals surface area contributed by atoms with E-state index in [0.29, 0.717) is 11.7 Å². The average molecular weight is 361 g/mol. The van der Waals surface area contributed by atoms with Crippen LogP contribution in [0.15, 0.2) is 12.1 Å². The molecule has 1 rings (SSSR count). The second kappa shape index (κ2) is 8.36. The van der Waals surface area contributed by atoms with Crippen LogP contribution in [0.2, 0.25) is 0 Å². The number of rotatable bonds is 8. The van der Waals surface area contributed by atoms with Crippen LogP contribution in [0.4, 0.5) is 0 Å². The van der Waals surface area contributed by atoms with E-state index >= 15 is 0 Å². The third-order valence-electron chi connectivity index (χ3n) is 5.94. The van der Waals surface area contributed by atoms with Crippen molar-refractivity contribution in [2.24, 2.45) is 5.92 Å². The molecule has 1 nitrogen and oxygen atoms in total. The Labute approximate surface area is 163 Å². The fourth-order valence-electron chi connectivity index (χ4n) is 4.46. The molecule has 0 radical (unpaired) electrons. The topological polar surface area (TPSA) is 20.2 Å². The van der Waals surface area contributed by atoms with E-state index in [-0.39, 0.29) is 16.2 Å². The van der Waals surface area contributed by atoms with Crippen molar-refractivity contribution in [1.82, 2.24) is 0 Å². The summed E-state index contributed by atoms with van der Waals surface area (Å²) in [7, 11) is 0. The maximum absolute atomic E-state index is 11.1. The van der Waals surface area contributed by atoms with Crippen molar-refractivity contribution in [1.29, 1.82) is 0 Å². The molecule has 26 heavy (non-hydrogen) atoms. The van der Waals surface area contributed by atoms with E-state index in [2.05, 4.69) is 81.4 Å². The lowest BCUT2D eigenvalue weighted by atomic mass is 9.70. The standard InChI is InChI=1S/C25H44O/c1-11-13-18(3)17-25(9,10)19-15-20(23(4,5)6)22(26)21(16-19)24(7,8)14-12-2/h15-16,18,26H,11-14,17H2,1-10H3. The Morgan fingerprint density at radius 3 is 1.85 bits per heavy atom. The number of phenolic OH excluding ortho intramolecular Hbond substituents is 1. The van der Waals surface area contributed by atoms with Gasteiger partial charge in [0.25, 0.3) is 0 Å². The summed E-state index contributed by atoms with van der Waals surface area (Å²) < 4.78 is 0. The molecule has 0 amide bonds. The first-order valence-electron chi connectivity index (χ1n) is 10.6.